The van der Waals surface area contributed by atoms with Gasteiger partial charge in [-0.1, -0.05) is 6.07 Å². The van der Waals surface area contributed by atoms with Crippen LogP contribution in [0.3, 0.4) is 0 Å². The highest BCUT2D eigenvalue weighted by Gasteiger charge is 2.41. The smallest absolute Gasteiger partial charge is 0.170 e. The van der Waals surface area contributed by atoms with E-state index in [1.807, 2.05) is 42.9 Å². The first-order chi connectivity index (χ1) is 14.0. The number of aryl methyl sites for hydroxylation is 1. The van der Waals surface area contributed by atoms with Crippen molar-refractivity contribution in [1.82, 2.24) is 24.8 Å². The highest BCUT2D eigenvalue weighted by Crippen LogP contribution is 2.42. The van der Waals surface area contributed by atoms with Crippen LogP contribution in [0.15, 0.2) is 55.0 Å². The Balaban J connectivity index is 1.81. The molecule has 1 fully saturated rings. The minimum absolute atomic E-state index is 0.00616. The zero-order chi connectivity index (χ0) is 20.5. The molecule has 0 aliphatic carbocycles. The Labute approximate surface area is 177 Å². The average Bonchev–Trinajstić information content (AvgIpc) is 3.19. The van der Waals surface area contributed by atoms with E-state index < -0.39 is 0 Å². The van der Waals surface area contributed by atoms with Gasteiger partial charge in [0.15, 0.2) is 5.11 Å². The Hall–Kier alpha value is -2.73. The Morgan fingerprint density at radius 1 is 1.10 bits per heavy atom. The third-order valence-electron chi connectivity index (χ3n) is 5.66. The number of rotatable bonds is 5. The Morgan fingerprint density at radius 3 is 2.48 bits per heavy atom. The minimum atomic E-state index is 0.00616. The van der Waals surface area contributed by atoms with Crippen molar-refractivity contribution in [2.75, 3.05) is 0 Å². The predicted octanol–water partition coefficient (Wildman–Crippen LogP) is 4.65. The number of thiocarbonyl (C=S) groups is 1. The second kappa shape index (κ2) is 7.95. The topological polar surface area (TPSA) is 46.0 Å². The quantitative estimate of drug-likeness (QED) is 0.626. The monoisotopic (exact) mass is 405 g/mol. The van der Waals surface area contributed by atoms with Gasteiger partial charge in [0, 0.05) is 42.6 Å². The lowest BCUT2D eigenvalue weighted by Crippen LogP contribution is -2.29. The van der Waals surface area contributed by atoms with Crippen molar-refractivity contribution in [2.45, 2.75) is 52.4 Å². The van der Waals surface area contributed by atoms with Gasteiger partial charge in [-0.2, -0.15) is 0 Å². The second-order valence-electron chi connectivity index (χ2n) is 7.90. The molecule has 0 saturated carbocycles. The molecule has 6 heteroatoms. The van der Waals surface area contributed by atoms with E-state index in [0.29, 0.717) is 6.04 Å². The van der Waals surface area contributed by atoms with Crippen molar-refractivity contribution in [1.29, 1.82) is 0 Å². The van der Waals surface area contributed by atoms with E-state index in [4.69, 9.17) is 12.2 Å². The van der Waals surface area contributed by atoms with E-state index in [1.165, 1.54) is 22.5 Å². The van der Waals surface area contributed by atoms with Crippen LogP contribution in [0, 0.1) is 13.8 Å². The molecule has 1 saturated heterocycles. The first-order valence-electron chi connectivity index (χ1n) is 10.0. The van der Waals surface area contributed by atoms with Crippen LogP contribution in [0.25, 0.3) is 0 Å². The number of hydrogen-bond donors (Lipinski definition) is 1. The number of nitrogens with zero attached hydrogens (tertiary/aromatic N) is 4. The Bertz CT molecular complexity index is 997. The maximum absolute atomic E-state index is 5.79. The fourth-order valence-corrected chi connectivity index (χ4v) is 4.80. The van der Waals surface area contributed by atoms with Crippen LogP contribution >= 0.6 is 12.2 Å². The molecule has 1 aliphatic heterocycles. The molecule has 150 valence electrons. The SMILES string of the molecule is Cc1cc([C@H]2[C@H](c3ccccn3)NC(=S)N2Cc2ccncc2)c(C)n1C(C)C. The molecule has 0 amide bonds. The van der Waals surface area contributed by atoms with Crippen molar-refractivity contribution in [3.63, 3.8) is 0 Å². The van der Waals surface area contributed by atoms with E-state index >= 15 is 0 Å². The van der Waals surface area contributed by atoms with Gasteiger partial charge in [0.25, 0.3) is 0 Å². The largest absolute Gasteiger partial charge is 0.352 e. The molecule has 5 nitrogen and oxygen atoms in total. The van der Waals surface area contributed by atoms with Crippen molar-refractivity contribution in [3.8, 4) is 0 Å². The summed E-state index contributed by atoms with van der Waals surface area (Å²) < 4.78 is 2.40. The van der Waals surface area contributed by atoms with Crippen LogP contribution in [0.2, 0.25) is 0 Å². The van der Waals surface area contributed by atoms with Crippen LogP contribution in [-0.4, -0.2) is 24.5 Å². The maximum Gasteiger partial charge on any atom is 0.170 e. The lowest BCUT2D eigenvalue weighted by Gasteiger charge is -2.28. The number of aromatic nitrogens is 3. The van der Waals surface area contributed by atoms with Gasteiger partial charge in [0.2, 0.25) is 0 Å². The normalized spacial score (nSPS) is 19.1. The zero-order valence-electron chi connectivity index (χ0n) is 17.3. The molecule has 0 radical (unpaired) electrons. The Morgan fingerprint density at radius 2 is 1.86 bits per heavy atom. The second-order valence-corrected chi connectivity index (χ2v) is 8.29. The van der Waals surface area contributed by atoms with Gasteiger partial charge in [-0.15, -0.1) is 0 Å². The zero-order valence-corrected chi connectivity index (χ0v) is 18.1. The summed E-state index contributed by atoms with van der Waals surface area (Å²) in [6.07, 6.45) is 5.51. The third-order valence-corrected chi connectivity index (χ3v) is 6.01. The molecular formula is C23H27N5S. The van der Waals surface area contributed by atoms with E-state index in [9.17, 15) is 0 Å². The summed E-state index contributed by atoms with van der Waals surface area (Å²) in [5.74, 6) is 0. The fraction of sp³-hybridized carbons (Fsp3) is 0.348. The lowest BCUT2D eigenvalue weighted by molar-refractivity contribution is 0.309. The lowest BCUT2D eigenvalue weighted by atomic mass is 9.96. The molecule has 0 spiro atoms. The summed E-state index contributed by atoms with van der Waals surface area (Å²) in [5, 5.41) is 4.31. The molecule has 1 N–H and O–H groups in total. The average molecular weight is 406 g/mol. The van der Waals surface area contributed by atoms with Gasteiger partial charge in [-0.05, 0) is 81.4 Å². The molecule has 1 aliphatic rings. The summed E-state index contributed by atoms with van der Waals surface area (Å²) in [6.45, 7) is 9.58. The molecular weight excluding hydrogens is 378 g/mol. The summed E-state index contributed by atoms with van der Waals surface area (Å²) in [5.41, 5.74) is 6.05. The Kier molecular flexibility index (Phi) is 5.37. The van der Waals surface area contributed by atoms with E-state index in [-0.39, 0.29) is 12.1 Å². The fourth-order valence-electron chi connectivity index (χ4n) is 4.50. The number of pyridine rings is 2. The molecule has 4 rings (SSSR count). The third kappa shape index (κ3) is 3.65. The minimum Gasteiger partial charge on any atom is -0.352 e. The molecule has 29 heavy (non-hydrogen) atoms. The molecule has 0 aromatic carbocycles. The molecule has 3 aromatic heterocycles. The van der Waals surface area contributed by atoms with Gasteiger partial charge in [-0.25, -0.2) is 0 Å². The van der Waals surface area contributed by atoms with Gasteiger partial charge < -0.3 is 14.8 Å². The van der Waals surface area contributed by atoms with Crippen molar-refractivity contribution in [3.05, 3.63) is 83.2 Å². The summed E-state index contributed by atoms with van der Waals surface area (Å²) >= 11 is 5.79. The standard InChI is InChI=1S/C23H27N5S/c1-15(2)28-16(3)13-19(17(28)4)22-21(20-7-5-6-10-25-20)26-23(29)27(22)14-18-8-11-24-12-9-18/h5-13,15,21-22H,14H2,1-4H3,(H,26,29)/t21-,22-/m0/s1. The summed E-state index contributed by atoms with van der Waals surface area (Å²) in [4.78, 5) is 11.1. The van der Waals surface area contributed by atoms with E-state index in [2.05, 4.69) is 64.6 Å². The molecule has 4 heterocycles. The van der Waals surface area contributed by atoms with Crippen LogP contribution in [-0.2, 0) is 6.54 Å². The highest BCUT2D eigenvalue weighted by atomic mass is 32.1. The van der Waals surface area contributed by atoms with Gasteiger partial charge in [0.1, 0.15) is 0 Å². The van der Waals surface area contributed by atoms with Crippen molar-refractivity contribution >= 4 is 17.3 Å². The van der Waals surface area contributed by atoms with Crippen LogP contribution in [0.5, 0.6) is 0 Å². The van der Waals surface area contributed by atoms with Crippen LogP contribution in [0.1, 0.15) is 60.2 Å². The molecule has 3 aromatic rings. The molecule has 2 atom stereocenters. The number of hydrogen-bond acceptors (Lipinski definition) is 3. The van der Waals surface area contributed by atoms with E-state index in [1.54, 1.807) is 0 Å². The molecule has 0 bridgehead atoms. The first-order valence-corrected chi connectivity index (χ1v) is 10.4. The molecule has 0 unspecified atom stereocenters. The predicted molar refractivity (Wildman–Crippen MR) is 120 cm³/mol. The van der Waals surface area contributed by atoms with E-state index in [0.717, 1.165) is 17.4 Å². The van der Waals surface area contributed by atoms with Gasteiger partial charge in [0.05, 0.1) is 17.8 Å². The summed E-state index contributed by atoms with van der Waals surface area (Å²) in [7, 11) is 0. The summed E-state index contributed by atoms with van der Waals surface area (Å²) in [6, 6.07) is 13.0. The first kappa shape index (κ1) is 19.6. The van der Waals surface area contributed by atoms with Crippen molar-refractivity contribution < 1.29 is 0 Å². The highest BCUT2D eigenvalue weighted by molar-refractivity contribution is 7.80. The van der Waals surface area contributed by atoms with Crippen LogP contribution in [0.4, 0.5) is 0 Å². The van der Waals surface area contributed by atoms with Gasteiger partial charge >= 0.3 is 0 Å². The number of nitrogens with one attached hydrogen (secondary N) is 1. The van der Waals surface area contributed by atoms with Crippen molar-refractivity contribution in [2.24, 2.45) is 0 Å². The maximum atomic E-state index is 5.79. The van der Waals surface area contributed by atoms with Gasteiger partial charge in [-0.3, -0.25) is 9.97 Å². The van der Waals surface area contributed by atoms with Crippen LogP contribution < -0.4 is 5.32 Å².